The molecule has 96 valence electrons. The number of nitrogens with one attached hydrogen (secondary N) is 2. The first-order valence-corrected chi connectivity index (χ1v) is 7.43. The van der Waals surface area contributed by atoms with E-state index in [9.17, 15) is 8.42 Å². The van der Waals surface area contributed by atoms with Crippen LogP contribution >= 0.6 is 0 Å². The van der Waals surface area contributed by atoms with Crippen molar-refractivity contribution >= 4 is 10.0 Å². The lowest BCUT2D eigenvalue weighted by atomic mass is 9.95. The van der Waals surface area contributed by atoms with E-state index in [1.165, 1.54) is 0 Å². The predicted molar refractivity (Wildman–Crippen MR) is 65.9 cm³/mol. The molecule has 1 saturated heterocycles. The van der Waals surface area contributed by atoms with Crippen molar-refractivity contribution in [2.24, 2.45) is 5.92 Å². The first-order valence-electron chi connectivity index (χ1n) is 5.78. The van der Waals surface area contributed by atoms with Crippen molar-refractivity contribution in [1.29, 1.82) is 0 Å². The van der Waals surface area contributed by atoms with Crippen LogP contribution in [0.5, 0.6) is 0 Å². The van der Waals surface area contributed by atoms with Gasteiger partial charge in [0.25, 0.3) is 0 Å². The molecule has 5 nitrogen and oxygen atoms in total. The average molecular weight is 249 g/mol. The summed E-state index contributed by atoms with van der Waals surface area (Å²) in [7, 11) is 0.705. The number of sulfonamides is 1. The molecular formula is C10H23N3O2S. The Morgan fingerprint density at radius 3 is 2.69 bits per heavy atom. The van der Waals surface area contributed by atoms with Crippen LogP contribution in [0.25, 0.3) is 0 Å². The van der Waals surface area contributed by atoms with E-state index >= 15 is 0 Å². The Morgan fingerprint density at radius 1 is 1.44 bits per heavy atom. The molecule has 0 radical (unpaired) electrons. The number of nitrogens with zero attached hydrogens (tertiary/aromatic N) is 1. The van der Waals surface area contributed by atoms with Gasteiger partial charge in [0, 0.05) is 19.1 Å². The van der Waals surface area contributed by atoms with Gasteiger partial charge in [-0.3, -0.25) is 0 Å². The second-order valence-corrected chi connectivity index (χ2v) is 6.55. The molecule has 16 heavy (non-hydrogen) atoms. The molecule has 2 N–H and O–H groups in total. The van der Waals surface area contributed by atoms with Crippen LogP contribution in [0.4, 0.5) is 0 Å². The van der Waals surface area contributed by atoms with E-state index in [-0.39, 0.29) is 11.8 Å². The van der Waals surface area contributed by atoms with Gasteiger partial charge in [-0.05, 0) is 33.0 Å². The second kappa shape index (κ2) is 5.95. The molecule has 0 bridgehead atoms. The van der Waals surface area contributed by atoms with Crippen molar-refractivity contribution in [3.05, 3.63) is 0 Å². The molecule has 1 aliphatic heterocycles. The molecule has 0 aromatic rings. The summed E-state index contributed by atoms with van der Waals surface area (Å²) in [4.78, 5) is 2.24. The monoisotopic (exact) mass is 249 g/mol. The molecule has 1 aliphatic rings. The maximum Gasteiger partial charge on any atom is 0.213 e. The highest BCUT2D eigenvalue weighted by molar-refractivity contribution is 7.89. The number of hydrogen-bond donors (Lipinski definition) is 2. The maximum absolute atomic E-state index is 11.7. The lowest BCUT2D eigenvalue weighted by Gasteiger charge is -2.34. The largest absolute Gasteiger partial charge is 0.319 e. The fourth-order valence-electron chi connectivity index (χ4n) is 2.06. The van der Waals surface area contributed by atoms with Crippen molar-refractivity contribution in [1.82, 2.24) is 14.9 Å². The van der Waals surface area contributed by atoms with E-state index in [1.54, 1.807) is 7.05 Å². The summed E-state index contributed by atoms with van der Waals surface area (Å²) < 4.78 is 26.2. The second-order valence-electron chi connectivity index (χ2n) is 4.67. The lowest BCUT2D eigenvalue weighted by molar-refractivity contribution is 0.188. The van der Waals surface area contributed by atoms with E-state index in [0.29, 0.717) is 12.5 Å². The molecule has 0 amide bonds. The van der Waals surface area contributed by atoms with Gasteiger partial charge in [0.05, 0.1) is 5.75 Å². The molecule has 0 saturated carbocycles. The predicted octanol–water partition coefficient (Wildman–Crippen LogP) is -0.535. The molecule has 2 unspecified atom stereocenters. The third kappa shape index (κ3) is 4.37. The number of likely N-dealkylation sites (tertiary alicyclic amines) is 1. The van der Waals surface area contributed by atoms with Crippen LogP contribution in [-0.2, 0) is 10.0 Å². The first kappa shape index (κ1) is 13.9. The van der Waals surface area contributed by atoms with Gasteiger partial charge in [-0.25, -0.2) is 13.1 Å². The molecular weight excluding hydrogens is 226 g/mol. The topological polar surface area (TPSA) is 61.4 Å². The molecule has 0 spiro atoms. The highest BCUT2D eigenvalue weighted by Gasteiger charge is 2.27. The third-order valence-corrected chi connectivity index (χ3v) is 4.46. The fourth-order valence-corrected chi connectivity index (χ4v) is 3.46. The molecule has 0 aromatic carbocycles. The third-order valence-electron chi connectivity index (χ3n) is 3.06. The van der Waals surface area contributed by atoms with Gasteiger partial charge in [0.2, 0.25) is 10.0 Å². The minimum atomic E-state index is -3.12. The van der Waals surface area contributed by atoms with Crippen LogP contribution in [0, 0.1) is 5.92 Å². The van der Waals surface area contributed by atoms with Gasteiger partial charge in [-0.15, -0.1) is 0 Å². The van der Waals surface area contributed by atoms with E-state index < -0.39 is 10.0 Å². The van der Waals surface area contributed by atoms with Gasteiger partial charge in [0.1, 0.15) is 0 Å². The van der Waals surface area contributed by atoms with Gasteiger partial charge >= 0.3 is 0 Å². The summed E-state index contributed by atoms with van der Waals surface area (Å²) in [6.07, 6.45) is 0.899. The maximum atomic E-state index is 11.7. The van der Waals surface area contributed by atoms with Crippen molar-refractivity contribution in [2.75, 3.05) is 39.5 Å². The van der Waals surface area contributed by atoms with Crippen molar-refractivity contribution in [3.63, 3.8) is 0 Å². The minimum Gasteiger partial charge on any atom is -0.319 e. The van der Waals surface area contributed by atoms with Crippen LogP contribution in [0.1, 0.15) is 13.3 Å². The standard InChI is InChI=1S/C10H23N3O2S/c1-9-8-13(3)6-4-10(9)12-16(14,15)7-5-11-2/h9-12H,4-8H2,1-3H3. The summed E-state index contributed by atoms with van der Waals surface area (Å²) in [5.74, 6) is 0.533. The van der Waals surface area contributed by atoms with Crippen molar-refractivity contribution < 1.29 is 8.42 Å². The van der Waals surface area contributed by atoms with Gasteiger partial charge in [-0.2, -0.15) is 0 Å². The Kier molecular flexibility index (Phi) is 5.17. The van der Waals surface area contributed by atoms with E-state index in [2.05, 4.69) is 28.9 Å². The summed E-state index contributed by atoms with van der Waals surface area (Å²) in [5, 5.41) is 2.85. The van der Waals surface area contributed by atoms with E-state index in [1.807, 2.05) is 0 Å². The number of piperidine rings is 1. The van der Waals surface area contributed by atoms with Gasteiger partial charge < -0.3 is 10.2 Å². The number of hydrogen-bond acceptors (Lipinski definition) is 4. The fraction of sp³-hybridized carbons (Fsp3) is 1.00. The highest BCUT2D eigenvalue weighted by Crippen LogP contribution is 2.16. The van der Waals surface area contributed by atoms with Crippen LogP contribution in [-0.4, -0.2) is 58.8 Å². The molecule has 1 heterocycles. The summed E-state index contributed by atoms with van der Waals surface area (Å²) >= 11 is 0. The van der Waals surface area contributed by atoms with E-state index in [0.717, 1.165) is 19.5 Å². The average Bonchev–Trinajstić information content (AvgIpc) is 2.19. The molecule has 0 aliphatic carbocycles. The molecule has 6 heteroatoms. The zero-order chi connectivity index (χ0) is 12.2. The molecule has 1 fully saturated rings. The number of rotatable bonds is 5. The van der Waals surface area contributed by atoms with Crippen LogP contribution in [0.3, 0.4) is 0 Å². The normalized spacial score (nSPS) is 28.2. The Hall–Kier alpha value is -0.170. The Morgan fingerprint density at radius 2 is 2.12 bits per heavy atom. The van der Waals surface area contributed by atoms with Crippen molar-refractivity contribution in [3.8, 4) is 0 Å². The Labute approximate surface area is 98.6 Å². The lowest BCUT2D eigenvalue weighted by Crippen LogP contribution is -2.49. The minimum absolute atomic E-state index is 0.0954. The molecule has 2 atom stereocenters. The SMILES string of the molecule is CNCCS(=O)(=O)NC1CCN(C)CC1C. The molecule has 1 rings (SSSR count). The van der Waals surface area contributed by atoms with Gasteiger partial charge in [-0.1, -0.05) is 6.92 Å². The zero-order valence-corrected chi connectivity index (χ0v) is 11.2. The summed E-state index contributed by atoms with van der Waals surface area (Å²) in [5.41, 5.74) is 0. The van der Waals surface area contributed by atoms with Crippen LogP contribution in [0.15, 0.2) is 0 Å². The van der Waals surface area contributed by atoms with Crippen LogP contribution < -0.4 is 10.0 Å². The summed E-state index contributed by atoms with van der Waals surface area (Å²) in [6.45, 7) is 4.51. The first-order chi connectivity index (χ1) is 7.44. The van der Waals surface area contributed by atoms with Gasteiger partial charge in [0.15, 0.2) is 0 Å². The molecule has 0 aromatic heterocycles. The zero-order valence-electron chi connectivity index (χ0n) is 10.4. The Bertz CT molecular complexity index is 305. The Balaban J connectivity index is 2.47. The quantitative estimate of drug-likeness (QED) is 0.687. The van der Waals surface area contributed by atoms with Crippen molar-refractivity contribution in [2.45, 2.75) is 19.4 Å². The van der Waals surface area contributed by atoms with E-state index in [4.69, 9.17) is 0 Å². The smallest absolute Gasteiger partial charge is 0.213 e. The summed E-state index contributed by atoms with van der Waals surface area (Å²) in [6, 6.07) is 0.0954. The highest BCUT2D eigenvalue weighted by atomic mass is 32.2. The van der Waals surface area contributed by atoms with Crippen LogP contribution in [0.2, 0.25) is 0 Å².